The van der Waals surface area contributed by atoms with Crippen LogP contribution in [0.1, 0.15) is 22.5 Å². The molecule has 0 atom stereocenters. The number of rotatable bonds is 9. The molecule has 4 aromatic rings. The first-order valence-electron chi connectivity index (χ1n) is 10.5. The summed E-state index contributed by atoms with van der Waals surface area (Å²) in [7, 11) is 1.60. The zero-order valence-electron chi connectivity index (χ0n) is 18.9. The normalized spacial score (nSPS) is 11.2. The number of hydrogen-bond acceptors (Lipinski definition) is 6. The number of benzene rings is 3. The van der Waals surface area contributed by atoms with Crippen LogP contribution in [-0.4, -0.2) is 28.2 Å². The zero-order valence-corrected chi connectivity index (χ0v) is 22.0. The lowest BCUT2D eigenvalue weighted by atomic mass is 10.2. The van der Waals surface area contributed by atoms with E-state index >= 15 is 0 Å². The fraction of sp³-hybridized carbons (Fsp3) is 0.160. The van der Waals surface area contributed by atoms with Crippen LogP contribution < -0.4 is 9.47 Å². The summed E-state index contributed by atoms with van der Waals surface area (Å²) in [5, 5.41) is 15.5. The van der Waals surface area contributed by atoms with E-state index in [1.54, 1.807) is 24.1 Å². The predicted octanol–water partition coefficient (Wildman–Crippen LogP) is 7.31. The van der Waals surface area contributed by atoms with Crippen molar-refractivity contribution in [1.29, 1.82) is 0 Å². The number of ether oxygens (including phenoxy) is 2. The quantitative estimate of drug-likeness (QED) is 0.162. The van der Waals surface area contributed by atoms with Gasteiger partial charge >= 0.3 is 0 Å². The zero-order chi connectivity index (χ0) is 24.8. The largest absolute Gasteiger partial charge is 0.493 e. The average Bonchev–Trinajstić information content (AvgIpc) is 3.21. The van der Waals surface area contributed by atoms with Crippen molar-refractivity contribution in [3.63, 3.8) is 0 Å². The summed E-state index contributed by atoms with van der Waals surface area (Å²) < 4.78 is 13.1. The summed E-state index contributed by atoms with van der Waals surface area (Å²) in [4.78, 5) is 0. The predicted molar refractivity (Wildman–Crippen MR) is 143 cm³/mol. The molecule has 0 N–H and O–H groups in total. The van der Waals surface area contributed by atoms with E-state index < -0.39 is 0 Å². The molecule has 0 spiro atoms. The molecule has 0 aliphatic carbocycles. The van der Waals surface area contributed by atoms with Crippen molar-refractivity contribution in [1.82, 2.24) is 14.9 Å². The Labute approximate surface area is 222 Å². The Kier molecular flexibility index (Phi) is 8.57. The van der Waals surface area contributed by atoms with Crippen LogP contribution in [0.3, 0.4) is 0 Å². The molecule has 0 fully saturated rings. The Hall–Kier alpha value is -2.71. The summed E-state index contributed by atoms with van der Waals surface area (Å²) in [5.74, 6) is 2.52. The van der Waals surface area contributed by atoms with Crippen molar-refractivity contribution < 1.29 is 9.47 Å². The smallest absolute Gasteiger partial charge is 0.212 e. The third-order valence-electron chi connectivity index (χ3n) is 4.96. The average molecular weight is 548 g/mol. The SMILES string of the molecule is COc1cc(/C=N/n2c(C)nnc2SCc2ccc(Cl)cc2Cl)ccc1OCc1ccc(Cl)cc1. The van der Waals surface area contributed by atoms with Gasteiger partial charge in [0.25, 0.3) is 0 Å². The highest BCUT2D eigenvalue weighted by atomic mass is 35.5. The maximum Gasteiger partial charge on any atom is 0.212 e. The first kappa shape index (κ1) is 25.4. The molecule has 1 aromatic heterocycles. The Morgan fingerprint density at radius 2 is 1.71 bits per heavy atom. The molecule has 0 aliphatic rings. The van der Waals surface area contributed by atoms with E-state index in [1.165, 1.54) is 11.8 Å². The standard InChI is InChI=1S/C25H21Cl3N4O2S/c1-16-30-31-25(35-15-19-6-9-21(27)12-22(19)28)32(16)29-13-18-5-10-23(24(11-18)33-2)34-14-17-3-7-20(26)8-4-17/h3-13H,14-15H2,1-2H3/b29-13+. The maximum absolute atomic E-state index is 6.29. The molecule has 180 valence electrons. The third kappa shape index (κ3) is 6.70. The van der Waals surface area contributed by atoms with Crippen molar-refractivity contribution in [3.8, 4) is 11.5 Å². The van der Waals surface area contributed by atoms with E-state index in [9.17, 15) is 0 Å². The van der Waals surface area contributed by atoms with Crippen molar-refractivity contribution in [2.24, 2.45) is 5.10 Å². The van der Waals surface area contributed by atoms with Gasteiger partial charge in [-0.15, -0.1) is 10.2 Å². The summed E-state index contributed by atoms with van der Waals surface area (Å²) in [5.41, 5.74) is 2.80. The molecule has 0 amide bonds. The van der Waals surface area contributed by atoms with Gasteiger partial charge in [-0.05, 0) is 66.1 Å². The maximum atomic E-state index is 6.29. The molecule has 0 unspecified atom stereocenters. The molecule has 0 bridgehead atoms. The van der Waals surface area contributed by atoms with Gasteiger partial charge in [0.2, 0.25) is 5.16 Å². The Morgan fingerprint density at radius 3 is 2.46 bits per heavy atom. The molecule has 35 heavy (non-hydrogen) atoms. The molecule has 0 saturated heterocycles. The van der Waals surface area contributed by atoms with E-state index in [1.807, 2.05) is 61.5 Å². The third-order valence-corrected chi connectivity index (χ3v) is 6.76. The summed E-state index contributed by atoms with van der Waals surface area (Å²) in [6.45, 7) is 2.25. The molecule has 0 saturated carbocycles. The number of hydrogen-bond donors (Lipinski definition) is 0. The van der Waals surface area contributed by atoms with E-state index in [-0.39, 0.29) is 0 Å². The topological polar surface area (TPSA) is 61.5 Å². The second kappa shape index (κ2) is 11.8. The first-order chi connectivity index (χ1) is 16.9. The molecule has 1 heterocycles. The van der Waals surface area contributed by atoms with Crippen LogP contribution in [0.4, 0.5) is 0 Å². The van der Waals surface area contributed by atoms with E-state index in [0.717, 1.165) is 16.7 Å². The summed E-state index contributed by atoms with van der Waals surface area (Å²) >= 11 is 19.7. The number of halogens is 3. The molecule has 0 radical (unpaired) electrons. The minimum atomic E-state index is 0.402. The Morgan fingerprint density at radius 1 is 0.943 bits per heavy atom. The van der Waals surface area contributed by atoms with Crippen LogP contribution in [0, 0.1) is 6.92 Å². The fourth-order valence-electron chi connectivity index (χ4n) is 3.09. The molecular weight excluding hydrogens is 527 g/mol. The lowest BCUT2D eigenvalue weighted by Gasteiger charge is -2.11. The molecule has 6 nitrogen and oxygen atoms in total. The minimum Gasteiger partial charge on any atom is -0.493 e. The molecule has 3 aromatic carbocycles. The Bertz CT molecular complexity index is 1340. The number of methoxy groups -OCH3 is 1. The van der Waals surface area contributed by atoms with Gasteiger partial charge in [-0.2, -0.15) is 9.78 Å². The number of aryl methyl sites for hydroxylation is 1. The van der Waals surface area contributed by atoms with Gasteiger partial charge in [-0.1, -0.05) is 64.8 Å². The van der Waals surface area contributed by atoms with Gasteiger partial charge in [-0.25, -0.2) is 0 Å². The van der Waals surface area contributed by atoms with Crippen LogP contribution >= 0.6 is 46.6 Å². The number of aromatic nitrogens is 3. The van der Waals surface area contributed by atoms with Gasteiger partial charge in [-0.3, -0.25) is 0 Å². The van der Waals surface area contributed by atoms with Gasteiger partial charge in [0.1, 0.15) is 6.61 Å². The van der Waals surface area contributed by atoms with Crippen molar-refractivity contribution in [2.45, 2.75) is 24.4 Å². The minimum absolute atomic E-state index is 0.402. The first-order valence-corrected chi connectivity index (χ1v) is 12.6. The molecule has 4 rings (SSSR count). The van der Waals surface area contributed by atoms with E-state index in [0.29, 0.717) is 49.9 Å². The molecular formula is C25H21Cl3N4O2S. The molecule has 0 aliphatic heterocycles. The Balaban J connectivity index is 1.45. The number of nitrogens with zero attached hydrogens (tertiary/aromatic N) is 4. The van der Waals surface area contributed by atoms with Crippen molar-refractivity contribution in [3.05, 3.63) is 98.2 Å². The second-order valence-electron chi connectivity index (χ2n) is 7.44. The van der Waals surface area contributed by atoms with Gasteiger partial charge in [0.05, 0.1) is 13.3 Å². The highest BCUT2D eigenvalue weighted by Gasteiger charge is 2.11. The van der Waals surface area contributed by atoms with Gasteiger partial charge in [0, 0.05) is 20.8 Å². The van der Waals surface area contributed by atoms with E-state index in [2.05, 4.69) is 15.3 Å². The highest BCUT2D eigenvalue weighted by molar-refractivity contribution is 7.98. The lowest BCUT2D eigenvalue weighted by Crippen LogP contribution is -1.99. The second-order valence-corrected chi connectivity index (χ2v) is 9.66. The molecule has 10 heteroatoms. The highest BCUT2D eigenvalue weighted by Crippen LogP contribution is 2.30. The summed E-state index contributed by atoms with van der Waals surface area (Å²) in [6.07, 6.45) is 1.72. The van der Waals surface area contributed by atoms with E-state index in [4.69, 9.17) is 44.3 Å². The monoisotopic (exact) mass is 546 g/mol. The van der Waals surface area contributed by atoms with Crippen LogP contribution in [-0.2, 0) is 12.4 Å². The van der Waals surface area contributed by atoms with Crippen LogP contribution in [0.15, 0.2) is 70.9 Å². The number of thioether (sulfide) groups is 1. The van der Waals surface area contributed by atoms with Crippen LogP contribution in [0.5, 0.6) is 11.5 Å². The van der Waals surface area contributed by atoms with Crippen molar-refractivity contribution in [2.75, 3.05) is 7.11 Å². The van der Waals surface area contributed by atoms with Gasteiger partial charge < -0.3 is 9.47 Å². The van der Waals surface area contributed by atoms with Crippen LogP contribution in [0.25, 0.3) is 0 Å². The summed E-state index contributed by atoms with van der Waals surface area (Å²) in [6, 6.07) is 18.6. The fourth-order valence-corrected chi connectivity index (χ4v) is 4.71. The van der Waals surface area contributed by atoms with Gasteiger partial charge in [0.15, 0.2) is 17.3 Å². The van der Waals surface area contributed by atoms with Crippen LogP contribution in [0.2, 0.25) is 15.1 Å². The van der Waals surface area contributed by atoms with Crippen molar-refractivity contribution >= 4 is 52.8 Å². The lowest BCUT2D eigenvalue weighted by molar-refractivity contribution is 0.284.